The minimum atomic E-state index is -3.74. The third kappa shape index (κ3) is 3.09. The first kappa shape index (κ1) is 17.1. The lowest BCUT2D eigenvalue weighted by atomic mass is 10.2. The fourth-order valence-electron chi connectivity index (χ4n) is 3.04. The van der Waals surface area contributed by atoms with Gasteiger partial charge < -0.3 is 4.90 Å². The van der Waals surface area contributed by atoms with E-state index >= 15 is 0 Å². The quantitative estimate of drug-likeness (QED) is 0.686. The van der Waals surface area contributed by atoms with Crippen molar-refractivity contribution >= 4 is 38.9 Å². The molecule has 2 aromatic heterocycles. The molecule has 7 nitrogen and oxygen atoms in total. The fraction of sp³-hybridized carbons (Fsp3) is 0.176. The van der Waals surface area contributed by atoms with Crippen LogP contribution in [0.15, 0.2) is 58.8 Å². The van der Waals surface area contributed by atoms with Crippen LogP contribution in [0.5, 0.6) is 0 Å². The highest BCUT2D eigenvalue weighted by Gasteiger charge is 2.26. The molecule has 0 radical (unpaired) electrons. The standard InChI is InChI=1S/C17H16N4O3S2/c18-26(23,24)14-4-5-15-12(9-14)6-8-21(15)16(22)11-25-17-19-10-13-3-1-2-7-20(13)17/h1-5,7,9-10H,6,8,11H2,(H2,18,23,24). The molecule has 0 saturated heterocycles. The molecule has 0 fully saturated rings. The molecular formula is C17H16N4O3S2. The first-order chi connectivity index (χ1) is 12.4. The number of amides is 1. The first-order valence-electron chi connectivity index (χ1n) is 7.94. The summed E-state index contributed by atoms with van der Waals surface area (Å²) in [6.07, 6.45) is 4.29. The van der Waals surface area contributed by atoms with Crippen LogP contribution in [0.2, 0.25) is 0 Å². The molecule has 1 aromatic carbocycles. The lowest BCUT2D eigenvalue weighted by molar-refractivity contribution is -0.116. The molecule has 2 N–H and O–H groups in total. The predicted octanol–water partition coefficient (Wildman–Crippen LogP) is 1.66. The molecule has 0 spiro atoms. The molecule has 1 aliphatic heterocycles. The summed E-state index contributed by atoms with van der Waals surface area (Å²) in [7, 11) is -3.74. The highest BCUT2D eigenvalue weighted by Crippen LogP contribution is 2.31. The molecule has 134 valence electrons. The largest absolute Gasteiger partial charge is 0.311 e. The van der Waals surface area contributed by atoms with Gasteiger partial charge in [-0.1, -0.05) is 17.8 Å². The Morgan fingerprint density at radius 2 is 2.12 bits per heavy atom. The van der Waals surface area contributed by atoms with Crippen LogP contribution in [0, 0.1) is 0 Å². The van der Waals surface area contributed by atoms with Gasteiger partial charge in [0.25, 0.3) is 0 Å². The Bertz CT molecular complexity index is 1110. The van der Waals surface area contributed by atoms with Crippen molar-refractivity contribution in [1.82, 2.24) is 9.38 Å². The second-order valence-corrected chi connectivity index (χ2v) is 8.46. The van der Waals surface area contributed by atoms with Gasteiger partial charge in [0.2, 0.25) is 15.9 Å². The Morgan fingerprint density at radius 3 is 2.92 bits per heavy atom. The maximum atomic E-state index is 12.6. The Kier molecular flexibility index (Phi) is 4.22. The maximum absolute atomic E-state index is 12.6. The van der Waals surface area contributed by atoms with Crippen molar-refractivity contribution in [3.63, 3.8) is 0 Å². The van der Waals surface area contributed by atoms with Crippen molar-refractivity contribution in [3.8, 4) is 0 Å². The molecule has 1 amide bonds. The van der Waals surface area contributed by atoms with Crippen molar-refractivity contribution in [2.24, 2.45) is 5.14 Å². The Hall–Kier alpha value is -2.36. The number of nitrogens with two attached hydrogens (primary N) is 1. The molecule has 9 heteroatoms. The number of anilines is 1. The maximum Gasteiger partial charge on any atom is 0.238 e. The molecule has 1 aliphatic rings. The number of carbonyl (C=O) groups excluding carboxylic acids is 1. The van der Waals surface area contributed by atoms with E-state index in [0.717, 1.165) is 21.9 Å². The minimum Gasteiger partial charge on any atom is -0.311 e. The van der Waals surface area contributed by atoms with Gasteiger partial charge in [-0.3, -0.25) is 9.20 Å². The van der Waals surface area contributed by atoms with Gasteiger partial charge in [0.05, 0.1) is 22.4 Å². The van der Waals surface area contributed by atoms with E-state index in [1.807, 2.05) is 28.8 Å². The van der Waals surface area contributed by atoms with Crippen LogP contribution in [-0.2, 0) is 21.2 Å². The number of sulfonamides is 1. The third-order valence-electron chi connectivity index (χ3n) is 4.31. The summed E-state index contributed by atoms with van der Waals surface area (Å²) in [5, 5.41) is 5.93. The van der Waals surface area contributed by atoms with E-state index < -0.39 is 10.0 Å². The number of rotatable bonds is 4. The second-order valence-electron chi connectivity index (χ2n) is 5.96. The van der Waals surface area contributed by atoms with Gasteiger partial charge in [-0.15, -0.1) is 0 Å². The van der Waals surface area contributed by atoms with E-state index in [1.165, 1.54) is 17.8 Å². The van der Waals surface area contributed by atoms with E-state index in [2.05, 4.69) is 4.98 Å². The number of pyridine rings is 1. The van der Waals surface area contributed by atoms with E-state index in [0.29, 0.717) is 13.0 Å². The van der Waals surface area contributed by atoms with Crippen molar-refractivity contribution in [2.75, 3.05) is 17.2 Å². The molecule has 4 rings (SSSR count). The van der Waals surface area contributed by atoms with Gasteiger partial charge in [0.1, 0.15) is 0 Å². The summed E-state index contributed by atoms with van der Waals surface area (Å²) in [4.78, 5) is 18.8. The number of fused-ring (bicyclic) bond motifs is 2. The molecule has 0 saturated carbocycles. The lowest BCUT2D eigenvalue weighted by Crippen LogP contribution is -2.30. The van der Waals surface area contributed by atoms with E-state index in [1.54, 1.807) is 23.2 Å². The molecule has 0 unspecified atom stereocenters. The molecule has 26 heavy (non-hydrogen) atoms. The van der Waals surface area contributed by atoms with Crippen molar-refractivity contribution in [2.45, 2.75) is 16.5 Å². The zero-order chi connectivity index (χ0) is 18.3. The summed E-state index contributed by atoms with van der Waals surface area (Å²) < 4.78 is 24.9. The number of hydrogen-bond donors (Lipinski definition) is 1. The van der Waals surface area contributed by atoms with Gasteiger partial charge in [-0.2, -0.15) is 0 Å². The molecule has 0 aliphatic carbocycles. The van der Waals surface area contributed by atoms with Crippen molar-refractivity contribution < 1.29 is 13.2 Å². The Morgan fingerprint density at radius 1 is 1.27 bits per heavy atom. The first-order valence-corrected chi connectivity index (χ1v) is 10.5. The lowest BCUT2D eigenvalue weighted by Gasteiger charge is -2.17. The zero-order valence-corrected chi connectivity index (χ0v) is 15.3. The number of imidazole rings is 1. The van der Waals surface area contributed by atoms with Crippen LogP contribution in [0.4, 0.5) is 5.69 Å². The van der Waals surface area contributed by atoms with Crippen molar-refractivity contribution in [3.05, 3.63) is 54.4 Å². The average molecular weight is 388 g/mol. The number of benzene rings is 1. The van der Waals surface area contributed by atoms with E-state index in [9.17, 15) is 13.2 Å². The highest BCUT2D eigenvalue weighted by atomic mass is 32.2. The second kappa shape index (κ2) is 6.42. The van der Waals surface area contributed by atoms with Crippen LogP contribution < -0.4 is 10.0 Å². The Labute approximate surface area is 154 Å². The van der Waals surface area contributed by atoms with Gasteiger partial charge in [-0.05, 0) is 42.3 Å². The molecule has 3 aromatic rings. The summed E-state index contributed by atoms with van der Waals surface area (Å²) >= 11 is 1.38. The summed E-state index contributed by atoms with van der Waals surface area (Å²) in [6.45, 7) is 0.533. The topological polar surface area (TPSA) is 97.8 Å². The molecular weight excluding hydrogens is 372 g/mol. The SMILES string of the molecule is NS(=O)(=O)c1ccc2c(c1)CCN2C(=O)CSc1ncc2ccccn12. The normalized spacial score (nSPS) is 14.0. The zero-order valence-electron chi connectivity index (χ0n) is 13.7. The third-order valence-corrected chi connectivity index (χ3v) is 6.17. The summed E-state index contributed by atoms with van der Waals surface area (Å²) in [6, 6.07) is 10.4. The van der Waals surface area contributed by atoms with E-state index in [-0.39, 0.29) is 16.6 Å². The fourth-order valence-corrected chi connectivity index (χ4v) is 4.45. The summed E-state index contributed by atoms with van der Waals surface area (Å²) in [5.41, 5.74) is 2.54. The molecule has 0 atom stereocenters. The molecule has 0 bridgehead atoms. The predicted molar refractivity (Wildman–Crippen MR) is 99.8 cm³/mol. The average Bonchev–Trinajstić information content (AvgIpc) is 3.22. The van der Waals surface area contributed by atoms with Crippen LogP contribution in [0.1, 0.15) is 5.56 Å². The molecule has 3 heterocycles. The number of primary sulfonamides is 1. The van der Waals surface area contributed by atoms with E-state index in [4.69, 9.17) is 5.14 Å². The summed E-state index contributed by atoms with van der Waals surface area (Å²) in [5.74, 6) is 0.217. The number of nitrogens with zero attached hydrogens (tertiary/aromatic N) is 3. The number of carbonyl (C=O) groups is 1. The number of hydrogen-bond acceptors (Lipinski definition) is 5. The van der Waals surface area contributed by atoms with Crippen LogP contribution in [0.25, 0.3) is 5.52 Å². The number of thioether (sulfide) groups is 1. The van der Waals surface area contributed by atoms with Crippen LogP contribution >= 0.6 is 11.8 Å². The Balaban J connectivity index is 1.50. The number of aromatic nitrogens is 2. The van der Waals surface area contributed by atoms with Crippen LogP contribution in [0.3, 0.4) is 0 Å². The van der Waals surface area contributed by atoms with Gasteiger partial charge in [0, 0.05) is 18.4 Å². The monoisotopic (exact) mass is 388 g/mol. The van der Waals surface area contributed by atoms with Gasteiger partial charge in [-0.25, -0.2) is 18.5 Å². The van der Waals surface area contributed by atoms with Crippen LogP contribution in [-0.4, -0.2) is 36.0 Å². The highest BCUT2D eigenvalue weighted by molar-refractivity contribution is 7.99. The van der Waals surface area contributed by atoms with Crippen molar-refractivity contribution in [1.29, 1.82) is 0 Å². The van der Waals surface area contributed by atoms with Gasteiger partial charge in [0.15, 0.2) is 5.16 Å². The smallest absolute Gasteiger partial charge is 0.238 e. The van der Waals surface area contributed by atoms with Gasteiger partial charge >= 0.3 is 0 Å². The minimum absolute atomic E-state index is 0.0372.